The van der Waals surface area contributed by atoms with Gasteiger partial charge in [0.15, 0.2) is 0 Å². The zero-order chi connectivity index (χ0) is 14.1. The molecule has 0 aromatic heterocycles. The van der Waals surface area contributed by atoms with Crippen LogP contribution in [0.5, 0.6) is 0 Å². The quantitative estimate of drug-likeness (QED) is 0.565. The third kappa shape index (κ3) is 6.29. The normalized spacial score (nSPS) is 12.2. The number of hydrogen-bond acceptors (Lipinski definition) is 5. The summed E-state index contributed by atoms with van der Waals surface area (Å²) in [5, 5.41) is 12.6. The zero-order valence-corrected chi connectivity index (χ0v) is 12.3. The van der Waals surface area contributed by atoms with E-state index < -0.39 is 0 Å². The van der Waals surface area contributed by atoms with Crippen LogP contribution in [0.1, 0.15) is 5.56 Å². The summed E-state index contributed by atoms with van der Waals surface area (Å²) in [6.07, 6.45) is 0. The van der Waals surface area contributed by atoms with Gasteiger partial charge in [0.25, 0.3) is 0 Å². The highest BCUT2D eigenvalue weighted by Crippen LogP contribution is 2.10. The van der Waals surface area contributed by atoms with Gasteiger partial charge in [-0.2, -0.15) is 11.8 Å². The molecule has 0 spiro atoms. The minimum Gasteiger partial charge on any atom is -0.468 e. The van der Waals surface area contributed by atoms with Gasteiger partial charge in [-0.05, 0) is 17.7 Å². The SMILES string of the molecule is COC(=O)C(CSCCO)NCc1ccc(Cl)cc1. The lowest BCUT2D eigenvalue weighted by molar-refractivity contribution is -0.142. The van der Waals surface area contributed by atoms with Crippen LogP contribution in [0, 0.1) is 0 Å². The van der Waals surface area contributed by atoms with Crippen LogP contribution in [-0.2, 0) is 16.1 Å². The number of carbonyl (C=O) groups is 1. The molecule has 1 rings (SSSR count). The van der Waals surface area contributed by atoms with E-state index >= 15 is 0 Å². The number of rotatable bonds is 8. The average Bonchev–Trinajstić information content (AvgIpc) is 2.43. The van der Waals surface area contributed by atoms with Crippen LogP contribution in [0.3, 0.4) is 0 Å². The van der Waals surface area contributed by atoms with E-state index in [0.717, 1.165) is 5.56 Å². The first-order valence-corrected chi connectivity index (χ1v) is 7.45. The standard InChI is InChI=1S/C13H18ClNO3S/c1-18-13(17)12(9-19-7-6-16)15-8-10-2-4-11(14)5-3-10/h2-5,12,15-16H,6-9H2,1H3. The van der Waals surface area contributed by atoms with E-state index in [1.54, 1.807) is 0 Å². The van der Waals surface area contributed by atoms with Gasteiger partial charge in [-0.15, -0.1) is 0 Å². The predicted octanol–water partition coefficient (Wildman–Crippen LogP) is 1.70. The molecular weight excluding hydrogens is 286 g/mol. The molecule has 0 saturated heterocycles. The highest BCUT2D eigenvalue weighted by molar-refractivity contribution is 7.99. The van der Waals surface area contributed by atoms with Crippen LogP contribution in [0.25, 0.3) is 0 Å². The molecule has 0 amide bonds. The van der Waals surface area contributed by atoms with Crippen LogP contribution in [0.2, 0.25) is 5.02 Å². The van der Waals surface area contributed by atoms with Crippen LogP contribution >= 0.6 is 23.4 Å². The lowest BCUT2D eigenvalue weighted by atomic mass is 10.2. The largest absolute Gasteiger partial charge is 0.468 e. The number of aliphatic hydroxyl groups excluding tert-OH is 1. The van der Waals surface area contributed by atoms with Crippen LogP contribution in [0.15, 0.2) is 24.3 Å². The molecule has 0 bridgehead atoms. The number of halogens is 1. The number of carbonyl (C=O) groups excluding carboxylic acids is 1. The molecule has 0 aliphatic rings. The maximum atomic E-state index is 11.6. The lowest BCUT2D eigenvalue weighted by Gasteiger charge is -2.16. The molecule has 0 aliphatic heterocycles. The van der Waals surface area contributed by atoms with Gasteiger partial charge in [0.1, 0.15) is 6.04 Å². The predicted molar refractivity (Wildman–Crippen MR) is 78.5 cm³/mol. The van der Waals surface area contributed by atoms with E-state index in [9.17, 15) is 4.79 Å². The smallest absolute Gasteiger partial charge is 0.323 e. The molecule has 2 N–H and O–H groups in total. The molecule has 0 fully saturated rings. The third-order valence-electron chi connectivity index (χ3n) is 2.47. The van der Waals surface area contributed by atoms with E-state index in [1.165, 1.54) is 18.9 Å². The van der Waals surface area contributed by atoms with Gasteiger partial charge in [-0.3, -0.25) is 10.1 Å². The lowest BCUT2D eigenvalue weighted by Crippen LogP contribution is -2.39. The van der Waals surface area contributed by atoms with E-state index in [2.05, 4.69) is 5.32 Å². The number of methoxy groups -OCH3 is 1. The van der Waals surface area contributed by atoms with Crippen molar-refractivity contribution in [2.45, 2.75) is 12.6 Å². The van der Waals surface area contributed by atoms with Gasteiger partial charge in [0.05, 0.1) is 13.7 Å². The van der Waals surface area contributed by atoms with E-state index in [1.807, 2.05) is 24.3 Å². The molecule has 1 unspecified atom stereocenters. The van der Waals surface area contributed by atoms with Gasteiger partial charge >= 0.3 is 5.97 Å². The van der Waals surface area contributed by atoms with E-state index in [-0.39, 0.29) is 18.6 Å². The Kier molecular flexibility index (Phi) is 7.90. The van der Waals surface area contributed by atoms with Crippen molar-refractivity contribution in [1.29, 1.82) is 0 Å². The van der Waals surface area contributed by atoms with Gasteiger partial charge in [0, 0.05) is 23.1 Å². The molecule has 1 atom stereocenters. The second-order valence-electron chi connectivity index (χ2n) is 3.88. The Labute approximate surface area is 122 Å². The molecule has 19 heavy (non-hydrogen) atoms. The fraction of sp³-hybridized carbons (Fsp3) is 0.462. The summed E-state index contributed by atoms with van der Waals surface area (Å²) in [4.78, 5) is 11.6. The summed E-state index contributed by atoms with van der Waals surface area (Å²) in [5.41, 5.74) is 1.05. The van der Waals surface area contributed by atoms with Crippen LogP contribution in [-0.4, -0.2) is 42.3 Å². The zero-order valence-electron chi connectivity index (χ0n) is 10.8. The molecule has 1 aromatic carbocycles. The Morgan fingerprint density at radius 2 is 2.16 bits per heavy atom. The van der Waals surface area contributed by atoms with Gasteiger partial charge < -0.3 is 9.84 Å². The monoisotopic (exact) mass is 303 g/mol. The first-order chi connectivity index (χ1) is 9.17. The summed E-state index contributed by atoms with van der Waals surface area (Å²) in [6.45, 7) is 0.673. The van der Waals surface area contributed by atoms with Crippen molar-refractivity contribution in [3.05, 3.63) is 34.9 Å². The Hall–Kier alpha value is -0.750. The fourth-order valence-electron chi connectivity index (χ4n) is 1.46. The molecule has 6 heteroatoms. The molecular formula is C13H18ClNO3S. The maximum absolute atomic E-state index is 11.6. The van der Waals surface area contributed by atoms with Crippen molar-refractivity contribution in [3.8, 4) is 0 Å². The van der Waals surface area contributed by atoms with Gasteiger partial charge in [-0.25, -0.2) is 0 Å². The first kappa shape index (κ1) is 16.3. The first-order valence-electron chi connectivity index (χ1n) is 5.91. The Morgan fingerprint density at radius 1 is 1.47 bits per heavy atom. The second kappa shape index (κ2) is 9.20. The van der Waals surface area contributed by atoms with Gasteiger partial charge in [0.2, 0.25) is 0 Å². The van der Waals surface area contributed by atoms with Crippen molar-refractivity contribution in [2.24, 2.45) is 0 Å². The maximum Gasteiger partial charge on any atom is 0.323 e. The number of hydrogen-bond donors (Lipinski definition) is 2. The van der Waals surface area contributed by atoms with Crippen molar-refractivity contribution in [1.82, 2.24) is 5.32 Å². The minimum absolute atomic E-state index is 0.107. The van der Waals surface area contributed by atoms with E-state index in [0.29, 0.717) is 23.1 Å². The van der Waals surface area contributed by atoms with Crippen molar-refractivity contribution in [3.63, 3.8) is 0 Å². The topological polar surface area (TPSA) is 58.6 Å². The Balaban J connectivity index is 2.47. The number of benzene rings is 1. The highest BCUT2D eigenvalue weighted by atomic mass is 35.5. The summed E-state index contributed by atoms with van der Waals surface area (Å²) in [6, 6.07) is 7.06. The summed E-state index contributed by atoms with van der Waals surface area (Å²) >= 11 is 7.32. The highest BCUT2D eigenvalue weighted by Gasteiger charge is 2.18. The molecule has 0 radical (unpaired) electrons. The Morgan fingerprint density at radius 3 is 2.74 bits per heavy atom. The Bertz CT molecular complexity index is 386. The molecule has 1 aromatic rings. The molecule has 0 saturated carbocycles. The van der Waals surface area contributed by atoms with Crippen molar-refractivity contribution in [2.75, 3.05) is 25.2 Å². The number of nitrogens with one attached hydrogen (secondary N) is 1. The molecule has 0 heterocycles. The molecule has 0 aliphatic carbocycles. The van der Waals surface area contributed by atoms with Crippen molar-refractivity contribution >= 4 is 29.3 Å². The van der Waals surface area contributed by atoms with Crippen molar-refractivity contribution < 1.29 is 14.6 Å². The molecule has 4 nitrogen and oxygen atoms in total. The summed E-state index contributed by atoms with van der Waals surface area (Å²) in [7, 11) is 1.37. The van der Waals surface area contributed by atoms with E-state index in [4.69, 9.17) is 21.4 Å². The average molecular weight is 304 g/mol. The minimum atomic E-state index is -0.378. The van der Waals surface area contributed by atoms with Crippen LogP contribution < -0.4 is 5.32 Å². The second-order valence-corrected chi connectivity index (χ2v) is 5.47. The number of thioether (sulfide) groups is 1. The third-order valence-corrected chi connectivity index (χ3v) is 3.76. The summed E-state index contributed by atoms with van der Waals surface area (Å²) in [5.74, 6) is 0.885. The number of aliphatic hydroxyl groups is 1. The fourth-order valence-corrected chi connectivity index (χ4v) is 2.37. The number of esters is 1. The van der Waals surface area contributed by atoms with Crippen LogP contribution in [0.4, 0.5) is 0 Å². The summed E-state index contributed by atoms with van der Waals surface area (Å²) < 4.78 is 4.75. The number of ether oxygens (including phenoxy) is 1. The van der Waals surface area contributed by atoms with Gasteiger partial charge in [-0.1, -0.05) is 23.7 Å². The molecule has 106 valence electrons.